The van der Waals surface area contributed by atoms with Gasteiger partial charge in [-0.2, -0.15) is 0 Å². The summed E-state index contributed by atoms with van der Waals surface area (Å²) in [5, 5.41) is 12.7. The highest BCUT2D eigenvalue weighted by Crippen LogP contribution is 2.22. The van der Waals surface area contributed by atoms with Crippen LogP contribution in [0.4, 0.5) is 5.69 Å². The van der Waals surface area contributed by atoms with Crippen molar-refractivity contribution in [2.75, 3.05) is 5.32 Å². The molecule has 0 radical (unpaired) electrons. The van der Waals surface area contributed by atoms with Crippen molar-refractivity contribution in [2.45, 2.75) is 0 Å². The van der Waals surface area contributed by atoms with Crippen molar-refractivity contribution in [3.63, 3.8) is 0 Å². The van der Waals surface area contributed by atoms with Gasteiger partial charge in [-0.05, 0) is 53.6 Å². The van der Waals surface area contributed by atoms with Gasteiger partial charge in [0.2, 0.25) is 0 Å². The first-order chi connectivity index (χ1) is 11.1. The number of carbonyl (C=O) groups is 1. The Morgan fingerprint density at radius 1 is 0.870 bits per heavy atom. The molecule has 0 atom stereocenters. The summed E-state index contributed by atoms with van der Waals surface area (Å²) in [7, 11) is 0. The fraction of sp³-hybridized carbons (Fsp3) is 0. The van der Waals surface area contributed by atoms with Gasteiger partial charge < -0.3 is 10.4 Å². The number of carbonyl (C=O) groups excluding carboxylic acids is 1. The number of phenols is 1. The third kappa shape index (κ3) is 3.71. The first-order valence-corrected chi connectivity index (χ1v) is 7.46. The van der Waals surface area contributed by atoms with Crippen LogP contribution in [0.15, 0.2) is 72.8 Å². The summed E-state index contributed by atoms with van der Waals surface area (Å²) >= 11 is 5.90. The number of nitrogens with one attached hydrogen (secondary N) is 1. The van der Waals surface area contributed by atoms with Gasteiger partial charge in [0.1, 0.15) is 5.75 Å². The van der Waals surface area contributed by atoms with Crippen molar-refractivity contribution in [3.8, 4) is 16.9 Å². The van der Waals surface area contributed by atoms with Crippen LogP contribution in [0.5, 0.6) is 5.75 Å². The molecule has 0 aliphatic carbocycles. The molecule has 23 heavy (non-hydrogen) atoms. The van der Waals surface area contributed by atoms with E-state index < -0.39 is 0 Å². The van der Waals surface area contributed by atoms with Crippen LogP contribution in [0.2, 0.25) is 5.02 Å². The normalized spacial score (nSPS) is 10.3. The average Bonchev–Trinajstić information content (AvgIpc) is 2.56. The number of anilines is 1. The lowest BCUT2D eigenvalue weighted by Crippen LogP contribution is -2.11. The summed E-state index contributed by atoms with van der Waals surface area (Å²) in [6, 6.07) is 21.2. The second kappa shape index (κ2) is 6.55. The Balaban J connectivity index is 1.76. The van der Waals surface area contributed by atoms with E-state index in [1.165, 1.54) is 0 Å². The molecule has 4 heteroatoms. The predicted molar refractivity (Wildman–Crippen MR) is 92.9 cm³/mol. The number of hydrogen-bond acceptors (Lipinski definition) is 2. The SMILES string of the molecule is O=C(Nc1cccc(Cl)c1)c1ccc(-c2ccc(O)cc2)cc1. The molecular formula is C19H14ClNO2. The molecule has 0 aliphatic rings. The molecule has 0 fully saturated rings. The summed E-state index contributed by atoms with van der Waals surface area (Å²) in [6.45, 7) is 0. The van der Waals surface area contributed by atoms with E-state index in [4.69, 9.17) is 11.6 Å². The van der Waals surface area contributed by atoms with Gasteiger partial charge in [-0.1, -0.05) is 41.9 Å². The van der Waals surface area contributed by atoms with Crippen LogP contribution >= 0.6 is 11.6 Å². The fourth-order valence-electron chi connectivity index (χ4n) is 2.24. The molecule has 1 amide bonds. The highest BCUT2D eigenvalue weighted by atomic mass is 35.5. The molecule has 0 aromatic heterocycles. The van der Waals surface area contributed by atoms with E-state index in [9.17, 15) is 9.90 Å². The predicted octanol–water partition coefficient (Wildman–Crippen LogP) is 4.96. The maximum Gasteiger partial charge on any atom is 0.255 e. The van der Waals surface area contributed by atoms with Gasteiger partial charge in [0.05, 0.1) is 0 Å². The molecular weight excluding hydrogens is 310 g/mol. The highest BCUT2D eigenvalue weighted by Gasteiger charge is 2.07. The van der Waals surface area contributed by atoms with Crippen LogP contribution in [0.1, 0.15) is 10.4 Å². The van der Waals surface area contributed by atoms with Crippen LogP contribution in [0.25, 0.3) is 11.1 Å². The topological polar surface area (TPSA) is 49.3 Å². The third-order valence-electron chi connectivity index (χ3n) is 3.43. The zero-order valence-electron chi connectivity index (χ0n) is 12.2. The lowest BCUT2D eigenvalue weighted by molar-refractivity contribution is 0.102. The van der Waals surface area contributed by atoms with Crippen LogP contribution in [-0.2, 0) is 0 Å². The molecule has 0 aliphatic heterocycles. The number of hydrogen-bond donors (Lipinski definition) is 2. The quantitative estimate of drug-likeness (QED) is 0.715. The lowest BCUT2D eigenvalue weighted by atomic mass is 10.0. The number of amides is 1. The van der Waals surface area contributed by atoms with E-state index in [0.29, 0.717) is 16.3 Å². The van der Waals surface area contributed by atoms with Gasteiger partial charge in [-0.25, -0.2) is 0 Å². The Bertz CT molecular complexity index is 827. The monoisotopic (exact) mass is 323 g/mol. The zero-order chi connectivity index (χ0) is 16.2. The minimum absolute atomic E-state index is 0.190. The van der Waals surface area contributed by atoms with E-state index in [1.54, 1.807) is 48.5 Å². The average molecular weight is 324 g/mol. The second-order valence-corrected chi connectivity index (χ2v) is 5.53. The molecule has 0 unspecified atom stereocenters. The van der Waals surface area contributed by atoms with E-state index in [-0.39, 0.29) is 11.7 Å². The Morgan fingerprint density at radius 3 is 2.09 bits per heavy atom. The number of aromatic hydroxyl groups is 1. The van der Waals surface area contributed by atoms with E-state index >= 15 is 0 Å². The second-order valence-electron chi connectivity index (χ2n) is 5.09. The molecule has 3 nitrogen and oxygen atoms in total. The van der Waals surface area contributed by atoms with E-state index in [1.807, 2.05) is 24.3 Å². The summed E-state index contributed by atoms with van der Waals surface area (Å²) in [5.74, 6) is 0.0378. The van der Waals surface area contributed by atoms with Crippen molar-refractivity contribution < 1.29 is 9.90 Å². The van der Waals surface area contributed by atoms with Gasteiger partial charge in [-0.3, -0.25) is 4.79 Å². The van der Waals surface area contributed by atoms with Gasteiger partial charge in [-0.15, -0.1) is 0 Å². The Labute approximate surface area is 139 Å². The first kappa shape index (κ1) is 15.1. The van der Waals surface area contributed by atoms with Crippen LogP contribution in [-0.4, -0.2) is 11.0 Å². The first-order valence-electron chi connectivity index (χ1n) is 7.08. The highest BCUT2D eigenvalue weighted by molar-refractivity contribution is 6.30. The Hall–Kier alpha value is -2.78. The van der Waals surface area contributed by atoms with E-state index in [2.05, 4.69) is 5.32 Å². The van der Waals surface area contributed by atoms with Crippen molar-refractivity contribution in [2.24, 2.45) is 0 Å². The minimum Gasteiger partial charge on any atom is -0.508 e. The molecule has 3 aromatic rings. The zero-order valence-corrected chi connectivity index (χ0v) is 12.9. The third-order valence-corrected chi connectivity index (χ3v) is 3.67. The van der Waals surface area contributed by atoms with Crippen molar-refractivity contribution >= 4 is 23.2 Å². The van der Waals surface area contributed by atoms with Crippen LogP contribution in [0.3, 0.4) is 0 Å². The smallest absolute Gasteiger partial charge is 0.255 e. The summed E-state index contributed by atoms with van der Waals surface area (Å²) < 4.78 is 0. The molecule has 3 rings (SSSR count). The molecule has 0 bridgehead atoms. The Morgan fingerprint density at radius 2 is 1.48 bits per heavy atom. The number of phenolic OH excluding ortho intramolecular Hbond substituents is 1. The standard InChI is InChI=1S/C19H14ClNO2/c20-16-2-1-3-17(12-16)21-19(23)15-6-4-13(5-7-15)14-8-10-18(22)11-9-14/h1-12,22H,(H,21,23). The largest absolute Gasteiger partial charge is 0.508 e. The molecule has 3 aromatic carbocycles. The summed E-state index contributed by atoms with van der Waals surface area (Å²) in [6.07, 6.45) is 0. The fourth-order valence-corrected chi connectivity index (χ4v) is 2.43. The molecule has 0 saturated heterocycles. The molecule has 0 spiro atoms. The molecule has 114 valence electrons. The van der Waals surface area contributed by atoms with Crippen molar-refractivity contribution in [1.82, 2.24) is 0 Å². The molecule has 0 heterocycles. The number of benzene rings is 3. The van der Waals surface area contributed by atoms with E-state index in [0.717, 1.165) is 11.1 Å². The summed E-state index contributed by atoms with van der Waals surface area (Å²) in [4.78, 5) is 12.2. The lowest BCUT2D eigenvalue weighted by Gasteiger charge is -2.07. The maximum absolute atomic E-state index is 12.2. The van der Waals surface area contributed by atoms with Crippen molar-refractivity contribution in [1.29, 1.82) is 0 Å². The Kier molecular flexibility index (Phi) is 4.31. The number of halogens is 1. The molecule has 2 N–H and O–H groups in total. The molecule has 0 saturated carbocycles. The van der Waals surface area contributed by atoms with Gasteiger partial charge in [0, 0.05) is 16.3 Å². The number of rotatable bonds is 3. The maximum atomic E-state index is 12.2. The van der Waals surface area contributed by atoms with Crippen molar-refractivity contribution in [3.05, 3.63) is 83.4 Å². The van der Waals surface area contributed by atoms with Crippen LogP contribution in [0, 0.1) is 0 Å². The van der Waals surface area contributed by atoms with Gasteiger partial charge in [0.15, 0.2) is 0 Å². The summed E-state index contributed by atoms with van der Waals surface area (Å²) in [5.41, 5.74) is 3.17. The van der Waals surface area contributed by atoms with Gasteiger partial charge in [0.25, 0.3) is 5.91 Å². The minimum atomic E-state index is -0.190. The van der Waals surface area contributed by atoms with Crippen LogP contribution < -0.4 is 5.32 Å². The van der Waals surface area contributed by atoms with Gasteiger partial charge >= 0.3 is 0 Å².